The number of carbonyl (C=O) groups excluding carboxylic acids is 1. The van der Waals surface area contributed by atoms with Gasteiger partial charge in [0.25, 0.3) is 5.91 Å². The van der Waals surface area contributed by atoms with Gasteiger partial charge in [-0.25, -0.2) is 4.98 Å². The summed E-state index contributed by atoms with van der Waals surface area (Å²) in [5, 5.41) is 3.55. The van der Waals surface area contributed by atoms with Crippen LogP contribution in [-0.2, 0) is 0 Å². The van der Waals surface area contributed by atoms with Crippen molar-refractivity contribution in [2.45, 2.75) is 6.04 Å². The molecule has 0 saturated carbocycles. The zero-order valence-electron chi connectivity index (χ0n) is 13.6. The van der Waals surface area contributed by atoms with Crippen molar-refractivity contribution < 1.29 is 4.79 Å². The summed E-state index contributed by atoms with van der Waals surface area (Å²) in [4.78, 5) is 20.4. The molecule has 1 aliphatic rings. The third-order valence-electron chi connectivity index (χ3n) is 4.10. The summed E-state index contributed by atoms with van der Waals surface area (Å²) in [6.07, 6.45) is 1.71. The SMILES string of the molecule is CN(C)C(=O)c1ccnc(N2CCN[C@@H](c3ccccc3)C2)c1. The average molecular weight is 310 g/mol. The molecule has 23 heavy (non-hydrogen) atoms. The minimum absolute atomic E-state index is 0.00314. The van der Waals surface area contributed by atoms with E-state index < -0.39 is 0 Å². The maximum atomic E-state index is 12.1. The van der Waals surface area contributed by atoms with Crippen LogP contribution in [0.25, 0.3) is 0 Å². The molecule has 1 N–H and O–H groups in total. The molecule has 1 aromatic carbocycles. The highest BCUT2D eigenvalue weighted by Gasteiger charge is 2.22. The first kappa shape index (κ1) is 15.5. The molecule has 1 aromatic heterocycles. The molecule has 0 bridgehead atoms. The van der Waals surface area contributed by atoms with Gasteiger partial charge >= 0.3 is 0 Å². The van der Waals surface area contributed by atoms with Crippen molar-refractivity contribution in [3.63, 3.8) is 0 Å². The molecule has 1 saturated heterocycles. The molecule has 0 aliphatic carbocycles. The van der Waals surface area contributed by atoms with E-state index in [4.69, 9.17) is 0 Å². The molecule has 0 spiro atoms. The lowest BCUT2D eigenvalue weighted by molar-refractivity contribution is 0.0827. The van der Waals surface area contributed by atoms with Crippen molar-refractivity contribution >= 4 is 11.7 Å². The van der Waals surface area contributed by atoms with Crippen LogP contribution >= 0.6 is 0 Å². The molecule has 0 radical (unpaired) electrons. The van der Waals surface area contributed by atoms with Crippen LogP contribution in [0.3, 0.4) is 0 Å². The van der Waals surface area contributed by atoms with Gasteiger partial charge in [-0.15, -0.1) is 0 Å². The molecule has 3 rings (SSSR count). The molecule has 1 aliphatic heterocycles. The van der Waals surface area contributed by atoms with Crippen molar-refractivity contribution in [3.8, 4) is 0 Å². The number of nitrogens with zero attached hydrogens (tertiary/aromatic N) is 3. The lowest BCUT2D eigenvalue weighted by Crippen LogP contribution is -2.46. The second kappa shape index (κ2) is 6.79. The van der Waals surface area contributed by atoms with Gasteiger partial charge in [-0.2, -0.15) is 0 Å². The van der Waals surface area contributed by atoms with E-state index in [9.17, 15) is 4.79 Å². The molecular weight excluding hydrogens is 288 g/mol. The van der Waals surface area contributed by atoms with E-state index >= 15 is 0 Å². The Kier molecular flexibility index (Phi) is 4.57. The van der Waals surface area contributed by atoms with E-state index in [0.717, 1.165) is 25.5 Å². The predicted octanol–water partition coefficient (Wildman–Crippen LogP) is 1.93. The number of rotatable bonds is 3. The Bertz CT molecular complexity index is 672. The highest BCUT2D eigenvalue weighted by Crippen LogP contribution is 2.21. The summed E-state index contributed by atoms with van der Waals surface area (Å²) in [6, 6.07) is 14.4. The summed E-state index contributed by atoms with van der Waals surface area (Å²) in [6.45, 7) is 2.62. The third-order valence-corrected chi connectivity index (χ3v) is 4.10. The summed E-state index contributed by atoms with van der Waals surface area (Å²) in [5.74, 6) is 0.864. The molecule has 5 nitrogen and oxygen atoms in total. The van der Waals surface area contributed by atoms with Crippen LogP contribution in [0.4, 0.5) is 5.82 Å². The van der Waals surface area contributed by atoms with Gasteiger partial charge in [0.05, 0.1) is 0 Å². The van der Waals surface area contributed by atoms with Crippen molar-refractivity contribution in [2.75, 3.05) is 38.6 Å². The maximum absolute atomic E-state index is 12.1. The highest BCUT2D eigenvalue weighted by atomic mass is 16.2. The van der Waals surface area contributed by atoms with E-state index in [0.29, 0.717) is 5.56 Å². The largest absolute Gasteiger partial charge is 0.353 e. The molecule has 1 atom stereocenters. The zero-order chi connectivity index (χ0) is 16.2. The number of hydrogen-bond acceptors (Lipinski definition) is 4. The van der Waals surface area contributed by atoms with Crippen LogP contribution in [0.1, 0.15) is 22.0 Å². The fraction of sp³-hybridized carbons (Fsp3) is 0.333. The molecular formula is C18H22N4O. The number of aromatic nitrogens is 1. The first-order valence-corrected chi connectivity index (χ1v) is 7.86. The summed E-state index contributed by atoms with van der Waals surface area (Å²) < 4.78 is 0. The number of benzene rings is 1. The van der Waals surface area contributed by atoms with E-state index in [1.807, 2.05) is 12.1 Å². The minimum atomic E-state index is 0.00314. The summed E-state index contributed by atoms with van der Waals surface area (Å²) >= 11 is 0. The molecule has 5 heteroatoms. The Balaban J connectivity index is 1.79. The van der Waals surface area contributed by atoms with Crippen molar-refractivity contribution in [3.05, 3.63) is 59.8 Å². The second-order valence-electron chi connectivity index (χ2n) is 5.97. The minimum Gasteiger partial charge on any atom is -0.353 e. The molecule has 2 heterocycles. The van der Waals surface area contributed by atoms with Crippen LogP contribution in [0.5, 0.6) is 0 Å². The number of anilines is 1. The fourth-order valence-electron chi connectivity index (χ4n) is 2.85. The number of piperazine rings is 1. The highest BCUT2D eigenvalue weighted by molar-refractivity contribution is 5.94. The maximum Gasteiger partial charge on any atom is 0.253 e. The van der Waals surface area contributed by atoms with Gasteiger partial charge in [0.2, 0.25) is 0 Å². The molecule has 0 unspecified atom stereocenters. The van der Waals surface area contributed by atoms with Gasteiger partial charge in [0, 0.05) is 51.5 Å². The number of hydrogen-bond donors (Lipinski definition) is 1. The van der Waals surface area contributed by atoms with Crippen molar-refractivity contribution in [1.82, 2.24) is 15.2 Å². The van der Waals surface area contributed by atoms with Crippen LogP contribution in [0, 0.1) is 0 Å². The zero-order valence-corrected chi connectivity index (χ0v) is 13.6. The standard InChI is InChI=1S/C18H22N4O/c1-21(2)18(23)15-8-9-20-17(12-15)22-11-10-19-16(13-22)14-6-4-3-5-7-14/h3-9,12,16,19H,10-11,13H2,1-2H3/t16-/m1/s1. The Labute approximate surface area is 136 Å². The van der Waals surface area contributed by atoms with Crippen LogP contribution in [0.15, 0.2) is 48.7 Å². The fourth-order valence-corrected chi connectivity index (χ4v) is 2.85. The predicted molar refractivity (Wildman–Crippen MR) is 91.7 cm³/mol. The Hall–Kier alpha value is -2.40. The van der Waals surface area contributed by atoms with Crippen LogP contribution in [-0.4, -0.2) is 49.5 Å². The van der Waals surface area contributed by atoms with E-state index in [1.165, 1.54) is 5.56 Å². The van der Waals surface area contributed by atoms with Crippen molar-refractivity contribution in [1.29, 1.82) is 0 Å². The Morgan fingerprint density at radius 3 is 2.78 bits per heavy atom. The second-order valence-corrected chi connectivity index (χ2v) is 5.97. The lowest BCUT2D eigenvalue weighted by Gasteiger charge is -2.35. The number of amides is 1. The van der Waals surface area contributed by atoms with E-state index in [2.05, 4.69) is 39.5 Å². The molecule has 1 fully saturated rings. The van der Waals surface area contributed by atoms with Gasteiger partial charge in [-0.1, -0.05) is 30.3 Å². The monoisotopic (exact) mass is 310 g/mol. The van der Waals surface area contributed by atoms with Crippen LogP contribution in [0.2, 0.25) is 0 Å². The Morgan fingerprint density at radius 2 is 2.04 bits per heavy atom. The van der Waals surface area contributed by atoms with Gasteiger partial charge in [0.1, 0.15) is 5.82 Å². The number of carbonyl (C=O) groups is 1. The topological polar surface area (TPSA) is 48.5 Å². The quantitative estimate of drug-likeness (QED) is 0.941. The molecule has 2 aromatic rings. The first-order valence-electron chi connectivity index (χ1n) is 7.86. The summed E-state index contributed by atoms with van der Waals surface area (Å²) in [7, 11) is 3.53. The number of pyridine rings is 1. The van der Waals surface area contributed by atoms with Gasteiger partial charge in [-0.05, 0) is 17.7 Å². The lowest BCUT2D eigenvalue weighted by atomic mass is 10.0. The van der Waals surface area contributed by atoms with E-state index in [-0.39, 0.29) is 11.9 Å². The Morgan fingerprint density at radius 1 is 1.26 bits per heavy atom. The number of nitrogens with one attached hydrogen (secondary N) is 1. The molecule has 1 amide bonds. The van der Waals surface area contributed by atoms with Crippen molar-refractivity contribution in [2.24, 2.45) is 0 Å². The van der Waals surface area contributed by atoms with Crippen LogP contribution < -0.4 is 10.2 Å². The normalized spacial score (nSPS) is 17.8. The smallest absolute Gasteiger partial charge is 0.253 e. The van der Waals surface area contributed by atoms with Gasteiger partial charge in [0.15, 0.2) is 0 Å². The third kappa shape index (κ3) is 3.51. The van der Waals surface area contributed by atoms with Gasteiger partial charge in [-0.3, -0.25) is 4.79 Å². The average Bonchev–Trinajstić information content (AvgIpc) is 2.62. The van der Waals surface area contributed by atoms with E-state index in [1.54, 1.807) is 31.3 Å². The first-order chi connectivity index (χ1) is 11.1. The molecule has 120 valence electrons. The summed E-state index contributed by atoms with van der Waals surface area (Å²) in [5.41, 5.74) is 1.95. The van der Waals surface area contributed by atoms with Gasteiger partial charge < -0.3 is 15.1 Å².